The molecule has 3 rings (SSSR count). The fraction of sp³-hybridized carbons (Fsp3) is 0.250. The SMILES string of the molecule is C=CCOc1ccc(C(O)=C2C(=O)C(=O)N(CCCC)[C@@H]2c2ccccc2)cc1. The third kappa shape index (κ3) is 4.24. The first-order valence-electron chi connectivity index (χ1n) is 9.76. The minimum Gasteiger partial charge on any atom is -0.507 e. The van der Waals surface area contributed by atoms with Crippen LogP contribution in [0.4, 0.5) is 0 Å². The summed E-state index contributed by atoms with van der Waals surface area (Å²) in [5, 5.41) is 11.0. The Kier molecular flexibility index (Phi) is 6.50. The fourth-order valence-corrected chi connectivity index (χ4v) is 3.44. The second-order valence-corrected chi connectivity index (χ2v) is 6.88. The molecule has 1 atom stereocenters. The molecule has 1 amide bonds. The maximum Gasteiger partial charge on any atom is 0.295 e. The van der Waals surface area contributed by atoms with Crippen LogP contribution in [0.1, 0.15) is 36.9 Å². The van der Waals surface area contributed by atoms with Crippen molar-refractivity contribution < 1.29 is 19.4 Å². The van der Waals surface area contributed by atoms with Crippen LogP contribution in [0.15, 0.2) is 72.8 Å². The van der Waals surface area contributed by atoms with Gasteiger partial charge in [-0.2, -0.15) is 0 Å². The molecule has 150 valence electrons. The number of aliphatic hydroxyl groups is 1. The number of hydrogen-bond acceptors (Lipinski definition) is 4. The third-order valence-corrected chi connectivity index (χ3v) is 4.90. The molecule has 1 aliphatic heterocycles. The molecule has 1 heterocycles. The van der Waals surface area contributed by atoms with E-state index in [4.69, 9.17) is 4.74 Å². The predicted octanol–water partition coefficient (Wildman–Crippen LogP) is 4.47. The normalized spacial score (nSPS) is 18.1. The number of ether oxygens (including phenoxy) is 1. The van der Waals surface area contributed by atoms with Gasteiger partial charge in [0.1, 0.15) is 18.1 Å². The zero-order valence-electron chi connectivity index (χ0n) is 16.5. The molecule has 0 radical (unpaired) electrons. The number of benzene rings is 2. The number of hydrogen-bond donors (Lipinski definition) is 1. The second kappa shape index (κ2) is 9.24. The smallest absolute Gasteiger partial charge is 0.295 e. The van der Waals surface area contributed by atoms with Gasteiger partial charge in [0.05, 0.1) is 11.6 Å². The maximum absolute atomic E-state index is 12.8. The van der Waals surface area contributed by atoms with Crippen molar-refractivity contribution in [2.24, 2.45) is 0 Å². The minimum absolute atomic E-state index is 0.122. The van der Waals surface area contributed by atoms with Crippen LogP contribution >= 0.6 is 0 Å². The lowest BCUT2D eigenvalue weighted by Gasteiger charge is -2.25. The largest absolute Gasteiger partial charge is 0.507 e. The second-order valence-electron chi connectivity index (χ2n) is 6.88. The third-order valence-electron chi connectivity index (χ3n) is 4.90. The molecule has 29 heavy (non-hydrogen) atoms. The maximum atomic E-state index is 12.8. The van der Waals surface area contributed by atoms with Crippen LogP contribution in [0.25, 0.3) is 5.76 Å². The Hall–Kier alpha value is -3.34. The van der Waals surface area contributed by atoms with Gasteiger partial charge in [0.15, 0.2) is 0 Å². The molecular formula is C24H25NO4. The van der Waals surface area contributed by atoms with Crippen molar-refractivity contribution in [2.75, 3.05) is 13.2 Å². The quantitative estimate of drug-likeness (QED) is 0.312. The molecule has 1 N–H and O–H groups in total. The van der Waals surface area contributed by atoms with E-state index in [-0.39, 0.29) is 11.3 Å². The Labute approximate surface area is 170 Å². The summed E-state index contributed by atoms with van der Waals surface area (Å²) in [7, 11) is 0. The highest BCUT2D eigenvalue weighted by Gasteiger charge is 2.45. The molecule has 0 aromatic heterocycles. The number of amides is 1. The molecule has 1 aliphatic rings. The molecular weight excluding hydrogens is 366 g/mol. The predicted molar refractivity (Wildman–Crippen MR) is 112 cm³/mol. The Balaban J connectivity index is 2.04. The summed E-state index contributed by atoms with van der Waals surface area (Å²) in [6.07, 6.45) is 3.33. The molecule has 2 aromatic rings. The summed E-state index contributed by atoms with van der Waals surface area (Å²) in [6.45, 7) is 6.48. The van der Waals surface area contributed by atoms with Gasteiger partial charge in [-0.25, -0.2) is 0 Å². The van der Waals surface area contributed by atoms with Gasteiger partial charge in [0.2, 0.25) is 0 Å². The van der Waals surface area contributed by atoms with Crippen molar-refractivity contribution >= 4 is 17.4 Å². The van der Waals surface area contributed by atoms with Crippen LogP contribution in [-0.4, -0.2) is 34.8 Å². The summed E-state index contributed by atoms with van der Waals surface area (Å²) in [4.78, 5) is 27.1. The molecule has 0 unspecified atom stereocenters. The van der Waals surface area contributed by atoms with E-state index in [1.54, 1.807) is 35.2 Å². The lowest BCUT2D eigenvalue weighted by atomic mass is 9.95. The average molecular weight is 391 g/mol. The number of unbranched alkanes of at least 4 members (excludes halogenated alkanes) is 1. The number of carbonyl (C=O) groups is 2. The molecule has 5 nitrogen and oxygen atoms in total. The molecule has 0 saturated carbocycles. The Morgan fingerprint density at radius 3 is 2.45 bits per heavy atom. The average Bonchev–Trinajstić information content (AvgIpc) is 3.01. The van der Waals surface area contributed by atoms with Crippen LogP contribution < -0.4 is 4.74 Å². The summed E-state index contributed by atoms with van der Waals surface area (Å²) >= 11 is 0. The number of carbonyl (C=O) groups excluding carboxylic acids is 2. The van der Waals surface area contributed by atoms with E-state index in [2.05, 4.69) is 6.58 Å². The van der Waals surface area contributed by atoms with Gasteiger partial charge in [-0.15, -0.1) is 0 Å². The first kappa shape index (κ1) is 20.4. The molecule has 1 saturated heterocycles. The molecule has 1 fully saturated rings. The Morgan fingerprint density at radius 2 is 1.83 bits per heavy atom. The number of rotatable bonds is 8. The van der Waals surface area contributed by atoms with Crippen LogP contribution in [0.3, 0.4) is 0 Å². The summed E-state index contributed by atoms with van der Waals surface area (Å²) < 4.78 is 5.46. The molecule has 0 aliphatic carbocycles. The van der Waals surface area contributed by atoms with E-state index in [1.807, 2.05) is 37.3 Å². The summed E-state index contributed by atoms with van der Waals surface area (Å²) in [6, 6.07) is 15.5. The van der Waals surface area contributed by atoms with Gasteiger partial charge >= 0.3 is 0 Å². The van der Waals surface area contributed by atoms with Gasteiger partial charge < -0.3 is 14.7 Å². The Morgan fingerprint density at radius 1 is 1.14 bits per heavy atom. The molecule has 5 heteroatoms. The van der Waals surface area contributed by atoms with E-state index in [0.717, 1.165) is 18.4 Å². The first-order chi connectivity index (χ1) is 14.1. The van der Waals surface area contributed by atoms with Crippen LogP contribution in [0.2, 0.25) is 0 Å². The van der Waals surface area contributed by atoms with Crippen molar-refractivity contribution in [3.63, 3.8) is 0 Å². The van der Waals surface area contributed by atoms with Crippen molar-refractivity contribution in [3.05, 3.63) is 84.0 Å². The summed E-state index contributed by atoms with van der Waals surface area (Å²) in [5.74, 6) is -0.768. The van der Waals surface area contributed by atoms with Gasteiger partial charge in [0, 0.05) is 12.1 Å². The highest BCUT2D eigenvalue weighted by molar-refractivity contribution is 6.46. The number of aliphatic hydroxyl groups excluding tert-OH is 1. The van der Waals surface area contributed by atoms with E-state index in [9.17, 15) is 14.7 Å². The fourth-order valence-electron chi connectivity index (χ4n) is 3.44. The Bertz CT molecular complexity index is 916. The van der Waals surface area contributed by atoms with Gasteiger partial charge in [0.25, 0.3) is 11.7 Å². The van der Waals surface area contributed by atoms with Crippen LogP contribution in [0, 0.1) is 0 Å². The number of nitrogens with zero attached hydrogens (tertiary/aromatic N) is 1. The van der Waals surface area contributed by atoms with E-state index in [1.165, 1.54) is 0 Å². The zero-order chi connectivity index (χ0) is 20.8. The van der Waals surface area contributed by atoms with Crippen LogP contribution in [0.5, 0.6) is 5.75 Å². The molecule has 0 spiro atoms. The van der Waals surface area contributed by atoms with E-state index >= 15 is 0 Å². The van der Waals surface area contributed by atoms with Gasteiger partial charge in [-0.1, -0.05) is 56.3 Å². The van der Waals surface area contributed by atoms with Crippen molar-refractivity contribution in [3.8, 4) is 5.75 Å². The van der Waals surface area contributed by atoms with Crippen molar-refractivity contribution in [1.29, 1.82) is 0 Å². The lowest BCUT2D eigenvalue weighted by Crippen LogP contribution is -2.30. The standard InChI is InChI=1S/C24H25NO4/c1-3-5-15-25-21(17-9-7-6-8-10-17)20(23(27)24(25)28)22(26)18-11-13-19(14-12-18)29-16-4-2/h4,6-14,21,26H,2-3,5,15-16H2,1H3/t21-/m1/s1. The highest BCUT2D eigenvalue weighted by Crippen LogP contribution is 2.39. The van der Waals surface area contributed by atoms with Crippen molar-refractivity contribution in [1.82, 2.24) is 4.90 Å². The number of ketones is 1. The molecule has 2 aromatic carbocycles. The number of Topliss-reactive ketones (excluding diaryl/α,β-unsaturated/α-hetero) is 1. The van der Waals surface area contributed by atoms with Gasteiger partial charge in [-0.3, -0.25) is 9.59 Å². The van der Waals surface area contributed by atoms with E-state index in [0.29, 0.717) is 24.5 Å². The minimum atomic E-state index is -0.653. The first-order valence-corrected chi connectivity index (χ1v) is 9.76. The highest BCUT2D eigenvalue weighted by atomic mass is 16.5. The summed E-state index contributed by atoms with van der Waals surface area (Å²) in [5.41, 5.74) is 1.39. The topological polar surface area (TPSA) is 66.8 Å². The van der Waals surface area contributed by atoms with Crippen molar-refractivity contribution in [2.45, 2.75) is 25.8 Å². The van der Waals surface area contributed by atoms with Crippen LogP contribution in [-0.2, 0) is 9.59 Å². The van der Waals surface area contributed by atoms with E-state index < -0.39 is 17.7 Å². The molecule has 0 bridgehead atoms. The number of likely N-dealkylation sites (tertiary alicyclic amines) is 1. The van der Waals surface area contributed by atoms with Gasteiger partial charge in [-0.05, 0) is 36.2 Å². The monoisotopic (exact) mass is 391 g/mol. The zero-order valence-corrected chi connectivity index (χ0v) is 16.5. The lowest BCUT2D eigenvalue weighted by molar-refractivity contribution is -0.139.